The summed E-state index contributed by atoms with van der Waals surface area (Å²) in [6.07, 6.45) is 3.92. The lowest BCUT2D eigenvalue weighted by molar-refractivity contribution is 0.0213. The largest absolute Gasteiger partial charge is 0.444 e. The first kappa shape index (κ1) is 27.3. The Morgan fingerprint density at radius 2 is 1.98 bits per heavy atom. The molecule has 2 aliphatic rings. The lowest BCUT2D eigenvalue weighted by Crippen LogP contribution is -2.55. The molecule has 3 heterocycles. The zero-order chi connectivity index (χ0) is 28.6. The van der Waals surface area contributed by atoms with Crippen molar-refractivity contribution < 1.29 is 9.53 Å². The number of carbonyl (C=O) groups excluding carboxylic acids is 1. The van der Waals surface area contributed by atoms with Gasteiger partial charge in [0.05, 0.1) is 34.2 Å². The lowest BCUT2D eigenvalue weighted by Gasteiger charge is -2.43. The average Bonchev–Trinajstić information content (AvgIpc) is 3.64. The smallest absolute Gasteiger partial charge is 0.410 e. The van der Waals surface area contributed by atoms with E-state index in [0.717, 1.165) is 19.3 Å². The number of benzene rings is 1. The van der Waals surface area contributed by atoms with Gasteiger partial charge in [-0.05, 0) is 52.2 Å². The number of hydrogen-bond donors (Lipinski definition) is 2. The third-order valence-electron chi connectivity index (χ3n) is 6.74. The van der Waals surface area contributed by atoms with Gasteiger partial charge < -0.3 is 25.2 Å². The molecular weight excluding hydrogens is 532 g/mol. The number of ether oxygens (including phenoxy) is 1. The van der Waals surface area contributed by atoms with Gasteiger partial charge in [0.2, 0.25) is 11.9 Å². The van der Waals surface area contributed by atoms with Crippen LogP contribution in [-0.2, 0) is 4.74 Å². The zero-order valence-electron chi connectivity index (χ0n) is 22.9. The number of hydrogen-bond acceptors (Lipinski definition) is 10. The molecule has 0 bridgehead atoms. The van der Waals surface area contributed by atoms with Crippen molar-refractivity contribution >= 4 is 46.6 Å². The molecule has 5 rings (SSSR count). The van der Waals surface area contributed by atoms with E-state index in [1.165, 1.54) is 10.7 Å². The summed E-state index contributed by atoms with van der Waals surface area (Å²) in [6, 6.07) is 7.99. The van der Waals surface area contributed by atoms with Crippen LogP contribution in [0.15, 0.2) is 18.3 Å². The third kappa shape index (κ3) is 5.68. The number of carbonyl (C=O) groups is 1. The van der Waals surface area contributed by atoms with Crippen molar-refractivity contribution in [3.8, 4) is 12.1 Å². The van der Waals surface area contributed by atoms with Gasteiger partial charge in [0.1, 0.15) is 17.2 Å². The monoisotopic (exact) mass is 562 g/mol. The predicted octanol–water partition coefficient (Wildman–Crippen LogP) is 4.67. The molecule has 0 unspecified atom stereocenters. The van der Waals surface area contributed by atoms with Gasteiger partial charge in [-0.3, -0.25) is 0 Å². The summed E-state index contributed by atoms with van der Waals surface area (Å²) >= 11 is 6.96. The summed E-state index contributed by atoms with van der Waals surface area (Å²) in [5.41, 5.74) is 1.64. The second kappa shape index (κ2) is 10.7. The van der Waals surface area contributed by atoms with Crippen LogP contribution in [0.4, 0.5) is 28.1 Å². The molecule has 1 saturated heterocycles. The van der Waals surface area contributed by atoms with Crippen molar-refractivity contribution in [3.63, 3.8) is 0 Å². The Kier molecular flexibility index (Phi) is 7.30. The number of nitrogens with one attached hydrogen (secondary N) is 2. The maximum Gasteiger partial charge on any atom is 0.410 e. The first-order valence-corrected chi connectivity index (χ1v) is 13.7. The number of rotatable bonds is 6. The number of fused-ring (bicyclic) bond motifs is 1. The van der Waals surface area contributed by atoms with Crippen LogP contribution in [0, 0.1) is 22.7 Å². The molecule has 0 radical (unpaired) electrons. The maximum absolute atomic E-state index is 12.7. The van der Waals surface area contributed by atoms with Crippen molar-refractivity contribution in [2.24, 2.45) is 0 Å². The SMILES string of the molecule is CC[C@H]1CN(C(=O)OC(C)(C)C)CCN1c1cc(C#N)cc(Nc2nc(NC3CC3)n3ncc(C#N)c3n2)c1Cl. The molecule has 2 fully saturated rings. The van der Waals surface area contributed by atoms with Crippen molar-refractivity contribution in [3.05, 3.63) is 34.5 Å². The van der Waals surface area contributed by atoms with Gasteiger partial charge in [-0.15, -0.1) is 0 Å². The van der Waals surface area contributed by atoms with Gasteiger partial charge in [-0.1, -0.05) is 18.5 Å². The maximum atomic E-state index is 12.7. The highest BCUT2D eigenvalue weighted by atomic mass is 35.5. The van der Waals surface area contributed by atoms with Gasteiger partial charge in [-0.2, -0.15) is 30.1 Å². The highest BCUT2D eigenvalue weighted by Gasteiger charge is 2.33. The Hall–Kier alpha value is -4.29. The highest BCUT2D eigenvalue weighted by Crippen LogP contribution is 2.38. The van der Waals surface area contributed by atoms with E-state index < -0.39 is 5.60 Å². The minimum absolute atomic E-state index is 0.0347. The van der Waals surface area contributed by atoms with Crippen molar-refractivity contribution in [1.82, 2.24) is 24.5 Å². The van der Waals surface area contributed by atoms with Crippen molar-refractivity contribution in [1.29, 1.82) is 10.5 Å². The number of piperazine rings is 1. The molecule has 2 aromatic heterocycles. The summed E-state index contributed by atoms with van der Waals surface area (Å²) in [6.45, 7) is 9.03. The van der Waals surface area contributed by atoms with Crippen LogP contribution in [0.1, 0.15) is 58.1 Å². The standard InChI is InChI=1S/C27H31ClN10O2/c1-5-19-15-36(26(39)40-27(2,3)4)8-9-37(19)21-11-16(12-29)10-20(22(21)28)33-24-34-23-17(13-30)14-31-38(23)25(35-24)32-18-6-7-18/h10-11,14,18-19H,5-9,15H2,1-4H3,(H2,32,33,34,35)/t19-/m0/s1. The summed E-state index contributed by atoms with van der Waals surface area (Å²) in [4.78, 5) is 25.7. The number of halogens is 1. The zero-order valence-corrected chi connectivity index (χ0v) is 23.7. The van der Waals surface area contributed by atoms with Crippen molar-refractivity contribution in [2.45, 2.75) is 64.6 Å². The minimum atomic E-state index is -0.578. The number of nitrogens with zero attached hydrogens (tertiary/aromatic N) is 8. The van der Waals surface area contributed by atoms with Gasteiger partial charge in [-0.25, -0.2) is 4.79 Å². The first-order chi connectivity index (χ1) is 19.1. The van der Waals surface area contributed by atoms with E-state index in [9.17, 15) is 15.3 Å². The Balaban J connectivity index is 1.46. The van der Waals surface area contributed by atoms with Crippen LogP contribution in [-0.4, -0.2) is 67.9 Å². The van der Waals surface area contributed by atoms with Gasteiger partial charge >= 0.3 is 6.09 Å². The molecule has 1 aromatic carbocycles. The molecule has 40 heavy (non-hydrogen) atoms. The quantitative estimate of drug-likeness (QED) is 0.434. The fourth-order valence-corrected chi connectivity index (χ4v) is 4.89. The molecule has 1 aliphatic carbocycles. The first-order valence-electron chi connectivity index (χ1n) is 13.3. The topological polar surface area (TPSA) is 148 Å². The molecule has 1 saturated carbocycles. The highest BCUT2D eigenvalue weighted by molar-refractivity contribution is 6.36. The van der Waals surface area contributed by atoms with E-state index in [4.69, 9.17) is 16.3 Å². The number of aromatic nitrogens is 4. The minimum Gasteiger partial charge on any atom is -0.444 e. The van der Waals surface area contributed by atoms with Gasteiger partial charge in [0, 0.05) is 31.7 Å². The fourth-order valence-electron chi connectivity index (χ4n) is 4.62. The molecule has 1 amide bonds. The summed E-state index contributed by atoms with van der Waals surface area (Å²) in [5.74, 6) is 0.686. The summed E-state index contributed by atoms with van der Waals surface area (Å²) in [5, 5.41) is 30.5. The molecular formula is C27H31ClN10O2. The molecule has 1 atom stereocenters. The second-order valence-electron chi connectivity index (χ2n) is 11.0. The number of amides is 1. The molecule has 13 heteroatoms. The van der Waals surface area contributed by atoms with E-state index >= 15 is 0 Å². The van der Waals surface area contributed by atoms with E-state index in [0.29, 0.717) is 64.8 Å². The Bertz CT molecular complexity index is 1530. The van der Waals surface area contributed by atoms with Crippen LogP contribution in [0.5, 0.6) is 0 Å². The van der Waals surface area contributed by atoms with Crippen LogP contribution in [0.25, 0.3) is 5.65 Å². The van der Waals surface area contributed by atoms with Crippen LogP contribution in [0.2, 0.25) is 5.02 Å². The van der Waals surface area contributed by atoms with Crippen molar-refractivity contribution in [2.75, 3.05) is 35.2 Å². The Morgan fingerprint density at radius 3 is 2.62 bits per heavy atom. The van der Waals surface area contributed by atoms with E-state index in [2.05, 4.69) is 42.7 Å². The average molecular weight is 563 g/mol. The van der Waals surface area contributed by atoms with Crippen LogP contribution in [0.3, 0.4) is 0 Å². The predicted molar refractivity (Wildman–Crippen MR) is 151 cm³/mol. The lowest BCUT2D eigenvalue weighted by atomic mass is 10.1. The van der Waals surface area contributed by atoms with E-state index in [1.807, 2.05) is 27.7 Å². The molecule has 2 N–H and O–H groups in total. The second-order valence-corrected chi connectivity index (χ2v) is 11.3. The molecule has 0 spiro atoms. The molecule has 3 aromatic rings. The van der Waals surface area contributed by atoms with Crippen LogP contribution >= 0.6 is 11.6 Å². The third-order valence-corrected chi connectivity index (χ3v) is 7.14. The summed E-state index contributed by atoms with van der Waals surface area (Å²) in [7, 11) is 0. The number of nitriles is 2. The van der Waals surface area contributed by atoms with E-state index in [-0.39, 0.29) is 18.1 Å². The van der Waals surface area contributed by atoms with Gasteiger partial charge in [0.15, 0.2) is 5.65 Å². The van der Waals surface area contributed by atoms with Crippen LogP contribution < -0.4 is 15.5 Å². The van der Waals surface area contributed by atoms with E-state index in [1.54, 1.807) is 17.0 Å². The Labute approximate surface area is 237 Å². The molecule has 12 nitrogen and oxygen atoms in total. The molecule has 1 aliphatic heterocycles. The fraction of sp³-hybridized carbons (Fsp3) is 0.481. The summed E-state index contributed by atoms with van der Waals surface area (Å²) < 4.78 is 7.09. The number of anilines is 4. The molecule has 208 valence electrons. The van der Waals surface area contributed by atoms with Gasteiger partial charge in [0.25, 0.3) is 0 Å². The normalized spacial score (nSPS) is 17.3. The Morgan fingerprint density at radius 1 is 1.20 bits per heavy atom.